The van der Waals surface area contributed by atoms with E-state index >= 15 is 0 Å². The van der Waals surface area contributed by atoms with E-state index in [9.17, 15) is 4.79 Å². The third kappa shape index (κ3) is 2.47. The Morgan fingerprint density at radius 3 is 2.81 bits per heavy atom. The summed E-state index contributed by atoms with van der Waals surface area (Å²) in [7, 11) is 0. The van der Waals surface area contributed by atoms with Crippen molar-refractivity contribution in [2.45, 2.75) is 13.5 Å². The van der Waals surface area contributed by atoms with E-state index in [1.54, 1.807) is 4.90 Å². The summed E-state index contributed by atoms with van der Waals surface area (Å²) in [5, 5.41) is 0.684. The van der Waals surface area contributed by atoms with E-state index in [2.05, 4.69) is 24.1 Å². The van der Waals surface area contributed by atoms with Gasteiger partial charge in [0, 0.05) is 29.3 Å². The number of benzene rings is 2. The first kappa shape index (κ1) is 16.7. The zero-order valence-electron chi connectivity index (χ0n) is 14.4. The largest absolute Gasteiger partial charge is 0.305 e. The molecule has 2 aromatic rings. The molecule has 2 aliphatic heterocycles. The Hall–Kier alpha value is -2.80. The SMILES string of the molecule is C#Cc1ccc([N+]23C=C(Cl)C=C2CN(C=O)c2ccccc2C3)cc1C. The Balaban J connectivity index is 1.93. The van der Waals surface area contributed by atoms with Crippen LogP contribution in [0.5, 0.6) is 0 Å². The summed E-state index contributed by atoms with van der Waals surface area (Å²) in [5.41, 5.74) is 6.13. The smallest absolute Gasteiger partial charge is 0.214 e. The highest BCUT2D eigenvalue weighted by Gasteiger charge is 2.42. The lowest BCUT2D eigenvalue weighted by Gasteiger charge is -2.32. The van der Waals surface area contributed by atoms with E-state index < -0.39 is 0 Å². The van der Waals surface area contributed by atoms with Gasteiger partial charge in [-0.25, -0.2) is 4.48 Å². The standard InChI is InChI=1S/C22H18ClN2O/c1-3-17-8-9-20(10-16(17)2)25-13-18-6-4-5-7-22(18)24(15-26)12-21(25)11-19(23)14-25/h1,4-11,14-15H,12-13H2,2H3/q+1. The Morgan fingerprint density at radius 1 is 1.27 bits per heavy atom. The van der Waals surface area contributed by atoms with Gasteiger partial charge < -0.3 is 4.90 Å². The molecule has 0 aliphatic carbocycles. The number of para-hydroxylation sites is 1. The molecule has 4 heteroatoms. The number of anilines is 1. The minimum atomic E-state index is 0.478. The maximum Gasteiger partial charge on any atom is 0.214 e. The number of aryl methyl sites for hydroxylation is 1. The number of terminal acetylenes is 1. The molecule has 26 heavy (non-hydrogen) atoms. The molecule has 0 fully saturated rings. The fraction of sp³-hybridized carbons (Fsp3) is 0.136. The van der Waals surface area contributed by atoms with Gasteiger partial charge in [-0.2, -0.15) is 0 Å². The van der Waals surface area contributed by atoms with Crippen molar-refractivity contribution in [1.82, 2.24) is 4.48 Å². The van der Waals surface area contributed by atoms with Crippen LogP contribution in [0.1, 0.15) is 16.7 Å². The average Bonchev–Trinajstić information content (AvgIpc) is 2.89. The quantitative estimate of drug-likeness (QED) is 0.440. The maximum atomic E-state index is 11.7. The summed E-state index contributed by atoms with van der Waals surface area (Å²) < 4.78 is 0.478. The van der Waals surface area contributed by atoms with E-state index in [1.807, 2.05) is 43.5 Å². The first-order chi connectivity index (χ1) is 12.6. The molecule has 1 unspecified atom stereocenters. The van der Waals surface area contributed by atoms with Crippen LogP contribution in [0.25, 0.3) is 0 Å². The second-order valence-corrected chi connectivity index (χ2v) is 7.12. The zero-order valence-corrected chi connectivity index (χ0v) is 15.2. The van der Waals surface area contributed by atoms with Crippen LogP contribution < -0.4 is 9.38 Å². The monoisotopic (exact) mass is 361 g/mol. The van der Waals surface area contributed by atoms with Crippen LogP contribution in [-0.2, 0) is 11.3 Å². The van der Waals surface area contributed by atoms with Gasteiger partial charge >= 0.3 is 0 Å². The van der Waals surface area contributed by atoms with E-state index in [0.717, 1.165) is 40.2 Å². The summed E-state index contributed by atoms with van der Waals surface area (Å²) in [6.07, 6.45) is 10.5. The van der Waals surface area contributed by atoms with Crippen molar-refractivity contribution in [3.63, 3.8) is 0 Å². The van der Waals surface area contributed by atoms with E-state index in [4.69, 9.17) is 18.0 Å². The highest BCUT2D eigenvalue weighted by molar-refractivity contribution is 6.31. The molecule has 0 saturated carbocycles. The number of nitrogens with zero attached hydrogens (tertiary/aromatic N) is 2. The number of rotatable bonds is 2. The number of quaternary nitrogens is 1. The van der Waals surface area contributed by atoms with Crippen LogP contribution in [-0.4, -0.2) is 13.0 Å². The van der Waals surface area contributed by atoms with Gasteiger partial charge in [-0.05, 0) is 24.6 Å². The Labute approximate surface area is 158 Å². The molecule has 4 rings (SSSR count). The number of allylic oxidation sites excluding steroid dienone is 2. The van der Waals surface area contributed by atoms with Crippen molar-refractivity contribution in [2.75, 3.05) is 11.4 Å². The van der Waals surface area contributed by atoms with Crippen molar-refractivity contribution < 1.29 is 4.79 Å². The van der Waals surface area contributed by atoms with Crippen molar-refractivity contribution in [1.29, 1.82) is 0 Å². The molecule has 1 amide bonds. The van der Waals surface area contributed by atoms with Gasteiger partial charge in [-0.15, -0.1) is 6.42 Å². The van der Waals surface area contributed by atoms with E-state index in [-0.39, 0.29) is 0 Å². The fourth-order valence-electron chi connectivity index (χ4n) is 3.86. The van der Waals surface area contributed by atoms with Gasteiger partial charge in [0.1, 0.15) is 35.7 Å². The lowest BCUT2D eigenvalue weighted by Crippen LogP contribution is -2.42. The predicted molar refractivity (Wildman–Crippen MR) is 106 cm³/mol. The highest BCUT2D eigenvalue weighted by Crippen LogP contribution is 2.43. The summed E-state index contributed by atoms with van der Waals surface area (Å²) in [6.45, 7) is 3.20. The molecule has 2 heterocycles. The summed E-state index contributed by atoms with van der Waals surface area (Å²) in [6, 6.07) is 14.2. The maximum absolute atomic E-state index is 11.7. The van der Waals surface area contributed by atoms with Crippen LogP contribution >= 0.6 is 11.6 Å². The fourth-order valence-corrected chi connectivity index (χ4v) is 4.15. The first-order valence-corrected chi connectivity index (χ1v) is 8.80. The molecule has 0 saturated heterocycles. The second kappa shape index (κ2) is 6.17. The summed E-state index contributed by atoms with van der Waals surface area (Å²) in [4.78, 5) is 13.5. The normalized spacial score (nSPS) is 21.0. The van der Waals surface area contributed by atoms with Crippen LogP contribution in [0.4, 0.5) is 11.4 Å². The summed E-state index contributed by atoms with van der Waals surface area (Å²) >= 11 is 6.43. The van der Waals surface area contributed by atoms with Crippen LogP contribution in [0.3, 0.4) is 0 Å². The van der Waals surface area contributed by atoms with Crippen LogP contribution in [0, 0.1) is 19.3 Å². The van der Waals surface area contributed by atoms with Crippen molar-refractivity contribution in [3.05, 3.63) is 82.2 Å². The molecule has 0 radical (unpaired) electrons. The molecule has 128 valence electrons. The van der Waals surface area contributed by atoms with Crippen LogP contribution in [0.15, 0.2) is 65.5 Å². The minimum Gasteiger partial charge on any atom is -0.305 e. The molecular weight excluding hydrogens is 344 g/mol. The molecule has 1 atom stereocenters. The topological polar surface area (TPSA) is 20.3 Å². The number of hydrogen-bond donors (Lipinski definition) is 0. The Bertz CT molecular complexity index is 1020. The zero-order chi connectivity index (χ0) is 18.3. The van der Waals surface area contributed by atoms with Gasteiger partial charge in [0.15, 0.2) is 0 Å². The summed E-state index contributed by atoms with van der Waals surface area (Å²) in [5.74, 6) is 2.72. The number of amides is 1. The molecule has 0 bridgehead atoms. The molecule has 2 aliphatic rings. The molecule has 0 spiro atoms. The second-order valence-electron chi connectivity index (χ2n) is 6.68. The number of fused-ring (bicyclic) bond motifs is 2. The van der Waals surface area contributed by atoms with E-state index in [0.29, 0.717) is 22.6 Å². The van der Waals surface area contributed by atoms with Gasteiger partial charge in [-0.1, -0.05) is 35.7 Å². The first-order valence-electron chi connectivity index (χ1n) is 8.42. The van der Waals surface area contributed by atoms with Crippen molar-refractivity contribution in [3.8, 4) is 12.3 Å². The average molecular weight is 362 g/mol. The number of carbonyl (C=O) groups excluding carboxylic acids is 1. The molecule has 0 N–H and O–H groups in total. The number of halogens is 1. The van der Waals surface area contributed by atoms with Gasteiger partial charge in [-0.3, -0.25) is 4.79 Å². The molecule has 2 aromatic carbocycles. The van der Waals surface area contributed by atoms with Crippen molar-refractivity contribution >= 4 is 29.4 Å². The third-order valence-corrected chi connectivity index (χ3v) is 5.37. The Morgan fingerprint density at radius 2 is 2.08 bits per heavy atom. The minimum absolute atomic E-state index is 0.478. The lowest BCUT2D eigenvalue weighted by molar-refractivity contribution is -0.107. The predicted octanol–water partition coefficient (Wildman–Crippen LogP) is 4.44. The van der Waals surface area contributed by atoms with Crippen molar-refractivity contribution in [2.24, 2.45) is 0 Å². The van der Waals surface area contributed by atoms with E-state index in [1.165, 1.54) is 0 Å². The number of carbonyl (C=O) groups is 1. The van der Waals surface area contributed by atoms with Gasteiger partial charge in [0.25, 0.3) is 0 Å². The third-order valence-electron chi connectivity index (χ3n) is 5.17. The van der Waals surface area contributed by atoms with Gasteiger partial charge in [0.05, 0.1) is 5.69 Å². The lowest BCUT2D eigenvalue weighted by atomic mass is 10.1. The molecular formula is C22H18ClN2O+. The molecule has 0 aromatic heterocycles. The van der Waals surface area contributed by atoms with Crippen LogP contribution in [0.2, 0.25) is 0 Å². The Kier molecular flexibility index (Phi) is 3.96. The number of hydrogen-bond acceptors (Lipinski definition) is 1. The van der Waals surface area contributed by atoms with Gasteiger partial charge in [0.2, 0.25) is 6.41 Å². The highest BCUT2D eigenvalue weighted by atomic mass is 35.5. The molecule has 3 nitrogen and oxygen atoms in total.